The van der Waals surface area contributed by atoms with Crippen LogP contribution < -0.4 is 5.73 Å². The number of rotatable bonds is 4. The fraction of sp³-hybridized carbons (Fsp3) is 1.00. The molecule has 0 aromatic rings. The molecule has 0 amide bonds. The molecule has 2 aliphatic rings. The maximum absolute atomic E-state index is 5.75. The van der Waals surface area contributed by atoms with Gasteiger partial charge in [0.1, 0.15) is 0 Å². The molecule has 0 aromatic heterocycles. The van der Waals surface area contributed by atoms with Gasteiger partial charge in [0.25, 0.3) is 0 Å². The van der Waals surface area contributed by atoms with Crippen LogP contribution in [0.2, 0.25) is 0 Å². The zero-order chi connectivity index (χ0) is 11.2. The molecule has 2 saturated heterocycles. The lowest BCUT2D eigenvalue weighted by Crippen LogP contribution is -2.45. The molecule has 94 valence electrons. The number of piperidine rings is 1. The van der Waals surface area contributed by atoms with Crippen LogP contribution in [0.5, 0.6) is 0 Å². The van der Waals surface area contributed by atoms with Crippen molar-refractivity contribution in [3.63, 3.8) is 0 Å². The first-order valence-electron chi connectivity index (χ1n) is 6.61. The lowest BCUT2D eigenvalue weighted by molar-refractivity contribution is 0.0310. The molecule has 1 unspecified atom stereocenters. The summed E-state index contributed by atoms with van der Waals surface area (Å²) >= 11 is 0. The van der Waals surface area contributed by atoms with Gasteiger partial charge in [-0.3, -0.25) is 4.90 Å². The maximum atomic E-state index is 5.75. The highest BCUT2D eigenvalue weighted by molar-refractivity contribution is 4.74. The highest BCUT2D eigenvalue weighted by Crippen LogP contribution is 2.14. The first-order chi connectivity index (χ1) is 7.88. The molecule has 0 radical (unpaired) electrons. The Bertz CT molecular complexity index is 195. The maximum Gasteiger partial charge on any atom is 0.0594 e. The van der Waals surface area contributed by atoms with Gasteiger partial charge in [-0.1, -0.05) is 0 Å². The van der Waals surface area contributed by atoms with Crippen molar-refractivity contribution in [2.45, 2.75) is 12.8 Å². The Morgan fingerprint density at radius 3 is 2.56 bits per heavy atom. The lowest BCUT2D eigenvalue weighted by atomic mass is 9.98. The van der Waals surface area contributed by atoms with E-state index in [9.17, 15) is 0 Å². The third-order valence-corrected chi connectivity index (χ3v) is 3.77. The standard InChI is InChI=1S/C12H25N3O/c13-10-12-2-1-3-15(11-12)5-4-14-6-8-16-9-7-14/h12H,1-11,13H2. The third-order valence-electron chi connectivity index (χ3n) is 3.77. The molecule has 0 bridgehead atoms. The molecule has 0 spiro atoms. The molecule has 2 rings (SSSR count). The van der Waals surface area contributed by atoms with E-state index in [0.29, 0.717) is 0 Å². The van der Waals surface area contributed by atoms with E-state index in [2.05, 4.69) is 9.80 Å². The second-order valence-corrected chi connectivity index (χ2v) is 5.00. The number of morpholine rings is 1. The van der Waals surface area contributed by atoms with Gasteiger partial charge >= 0.3 is 0 Å². The predicted molar refractivity (Wildman–Crippen MR) is 65.5 cm³/mol. The van der Waals surface area contributed by atoms with Crippen LogP contribution >= 0.6 is 0 Å². The molecule has 2 N–H and O–H groups in total. The van der Waals surface area contributed by atoms with Crippen LogP contribution in [0.4, 0.5) is 0 Å². The van der Waals surface area contributed by atoms with E-state index >= 15 is 0 Å². The number of hydrogen-bond donors (Lipinski definition) is 1. The Hall–Kier alpha value is -0.160. The Morgan fingerprint density at radius 1 is 1.06 bits per heavy atom. The van der Waals surface area contributed by atoms with Gasteiger partial charge in [-0.25, -0.2) is 0 Å². The Morgan fingerprint density at radius 2 is 1.81 bits per heavy atom. The molecular weight excluding hydrogens is 202 g/mol. The van der Waals surface area contributed by atoms with Crippen LogP contribution in [0.1, 0.15) is 12.8 Å². The van der Waals surface area contributed by atoms with Gasteiger partial charge in [0.2, 0.25) is 0 Å². The average Bonchev–Trinajstić information content (AvgIpc) is 2.38. The third kappa shape index (κ3) is 3.70. The molecule has 1 atom stereocenters. The summed E-state index contributed by atoms with van der Waals surface area (Å²) in [6.45, 7) is 9.76. The van der Waals surface area contributed by atoms with Crippen molar-refractivity contribution >= 4 is 0 Å². The van der Waals surface area contributed by atoms with Crippen molar-refractivity contribution < 1.29 is 4.74 Å². The van der Waals surface area contributed by atoms with Crippen molar-refractivity contribution in [3.8, 4) is 0 Å². The molecule has 2 fully saturated rings. The Balaban J connectivity index is 1.64. The van der Waals surface area contributed by atoms with Crippen LogP contribution in [-0.2, 0) is 4.74 Å². The molecule has 0 saturated carbocycles. The lowest BCUT2D eigenvalue weighted by Gasteiger charge is -2.34. The number of ether oxygens (including phenoxy) is 1. The molecule has 4 heteroatoms. The van der Waals surface area contributed by atoms with Crippen LogP contribution in [-0.4, -0.2) is 68.8 Å². The summed E-state index contributed by atoms with van der Waals surface area (Å²) in [5.41, 5.74) is 5.75. The predicted octanol–water partition coefficient (Wildman–Crippen LogP) is -0.0107. The first-order valence-corrected chi connectivity index (χ1v) is 6.61. The topological polar surface area (TPSA) is 41.7 Å². The van der Waals surface area contributed by atoms with E-state index in [1.165, 1.54) is 39.0 Å². The van der Waals surface area contributed by atoms with Gasteiger partial charge in [0, 0.05) is 32.7 Å². The average molecular weight is 227 g/mol. The molecule has 2 heterocycles. The van der Waals surface area contributed by atoms with Crippen LogP contribution in [0.25, 0.3) is 0 Å². The summed E-state index contributed by atoms with van der Waals surface area (Å²) in [7, 11) is 0. The van der Waals surface area contributed by atoms with E-state index in [1.807, 2.05) is 0 Å². The number of hydrogen-bond acceptors (Lipinski definition) is 4. The summed E-state index contributed by atoms with van der Waals surface area (Å²) in [6, 6.07) is 0. The van der Waals surface area contributed by atoms with Crippen LogP contribution in [0, 0.1) is 5.92 Å². The molecule has 16 heavy (non-hydrogen) atoms. The zero-order valence-corrected chi connectivity index (χ0v) is 10.2. The van der Waals surface area contributed by atoms with Gasteiger partial charge in [0.05, 0.1) is 13.2 Å². The van der Waals surface area contributed by atoms with Crippen molar-refractivity contribution in [1.29, 1.82) is 0 Å². The van der Waals surface area contributed by atoms with Gasteiger partial charge < -0.3 is 15.4 Å². The van der Waals surface area contributed by atoms with Crippen molar-refractivity contribution in [2.75, 3.05) is 59.0 Å². The smallest absolute Gasteiger partial charge is 0.0594 e. The summed E-state index contributed by atoms with van der Waals surface area (Å²) in [5, 5.41) is 0. The largest absolute Gasteiger partial charge is 0.379 e. The number of nitrogens with zero attached hydrogens (tertiary/aromatic N) is 2. The van der Waals surface area contributed by atoms with Gasteiger partial charge in [-0.15, -0.1) is 0 Å². The van der Waals surface area contributed by atoms with E-state index < -0.39 is 0 Å². The highest BCUT2D eigenvalue weighted by atomic mass is 16.5. The normalized spacial score (nSPS) is 29.4. The fourth-order valence-electron chi connectivity index (χ4n) is 2.65. The van der Waals surface area contributed by atoms with E-state index in [0.717, 1.165) is 38.8 Å². The summed E-state index contributed by atoms with van der Waals surface area (Å²) in [6.07, 6.45) is 2.65. The molecule has 4 nitrogen and oxygen atoms in total. The second-order valence-electron chi connectivity index (χ2n) is 5.00. The number of nitrogens with two attached hydrogens (primary N) is 1. The minimum absolute atomic E-state index is 0.735. The van der Waals surface area contributed by atoms with E-state index in [4.69, 9.17) is 10.5 Å². The highest BCUT2D eigenvalue weighted by Gasteiger charge is 2.19. The van der Waals surface area contributed by atoms with E-state index in [-0.39, 0.29) is 0 Å². The fourth-order valence-corrected chi connectivity index (χ4v) is 2.65. The molecule has 2 aliphatic heterocycles. The summed E-state index contributed by atoms with van der Waals surface area (Å²) < 4.78 is 5.35. The number of likely N-dealkylation sites (tertiary alicyclic amines) is 1. The van der Waals surface area contributed by atoms with Crippen LogP contribution in [0.3, 0.4) is 0 Å². The molecule has 0 aromatic carbocycles. The van der Waals surface area contributed by atoms with E-state index in [1.54, 1.807) is 0 Å². The SMILES string of the molecule is NCC1CCCN(CCN2CCOCC2)C1. The Kier molecular flexibility index (Phi) is 5.03. The van der Waals surface area contributed by atoms with Gasteiger partial charge in [-0.05, 0) is 31.8 Å². The summed E-state index contributed by atoms with van der Waals surface area (Å²) in [5.74, 6) is 0.735. The first kappa shape index (κ1) is 12.3. The van der Waals surface area contributed by atoms with Gasteiger partial charge in [-0.2, -0.15) is 0 Å². The van der Waals surface area contributed by atoms with Crippen molar-refractivity contribution in [2.24, 2.45) is 11.7 Å². The zero-order valence-electron chi connectivity index (χ0n) is 10.2. The molecular formula is C12H25N3O. The van der Waals surface area contributed by atoms with Crippen molar-refractivity contribution in [1.82, 2.24) is 9.80 Å². The second kappa shape index (κ2) is 6.55. The van der Waals surface area contributed by atoms with Crippen LogP contribution in [0.15, 0.2) is 0 Å². The summed E-state index contributed by atoms with van der Waals surface area (Å²) in [4.78, 5) is 5.09. The van der Waals surface area contributed by atoms with Gasteiger partial charge in [0.15, 0.2) is 0 Å². The minimum atomic E-state index is 0.735. The Labute approximate surface area is 98.7 Å². The molecule has 0 aliphatic carbocycles. The van der Waals surface area contributed by atoms with Crippen molar-refractivity contribution in [3.05, 3.63) is 0 Å². The monoisotopic (exact) mass is 227 g/mol. The minimum Gasteiger partial charge on any atom is -0.379 e. The quantitative estimate of drug-likeness (QED) is 0.733.